The summed E-state index contributed by atoms with van der Waals surface area (Å²) >= 11 is 1.27. The van der Waals surface area contributed by atoms with Gasteiger partial charge in [0.2, 0.25) is 4.96 Å². The SMILES string of the molecule is COc1cccc(/C=c2/sc3nc(-c4cccnc4)nn3c2=O)c1OC. The van der Waals surface area contributed by atoms with Gasteiger partial charge in [-0.05, 0) is 24.3 Å². The molecule has 3 aromatic heterocycles. The molecule has 0 fully saturated rings. The van der Waals surface area contributed by atoms with Crippen LogP contribution in [0, 0.1) is 0 Å². The second kappa shape index (κ2) is 6.57. The van der Waals surface area contributed by atoms with Crippen molar-refractivity contribution in [2.75, 3.05) is 14.2 Å². The fourth-order valence-electron chi connectivity index (χ4n) is 2.62. The normalized spacial score (nSPS) is 11.8. The third-order valence-corrected chi connectivity index (χ3v) is 4.78. The number of pyridine rings is 1. The van der Waals surface area contributed by atoms with Crippen molar-refractivity contribution in [2.24, 2.45) is 0 Å². The zero-order valence-corrected chi connectivity index (χ0v) is 14.9. The molecule has 0 unspecified atom stereocenters. The Hall–Kier alpha value is -3.26. The molecule has 0 radical (unpaired) electrons. The second-order valence-electron chi connectivity index (χ2n) is 5.37. The molecule has 26 heavy (non-hydrogen) atoms. The summed E-state index contributed by atoms with van der Waals surface area (Å²) in [5.74, 6) is 1.66. The minimum atomic E-state index is -0.225. The van der Waals surface area contributed by atoms with Gasteiger partial charge in [0.15, 0.2) is 17.3 Å². The van der Waals surface area contributed by atoms with E-state index >= 15 is 0 Å². The molecule has 0 atom stereocenters. The third kappa shape index (κ3) is 2.70. The monoisotopic (exact) mass is 366 g/mol. The Morgan fingerprint density at radius 2 is 2.04 bits per heavy atom. The Balaban J connectivity index is 1.84. The fraction of sp³-hybridized carbons (Fsp3) is 0.111. The Labute approximate surface area is 152 Å². The van der Waals surface area contributed by atoms with Crippen molar-refractivity contribution in [2.45, 2.75) is 0 Å². The number of hydrogen-bond donors (Lipinski definition) is 0. The lowest BCUT2D eigenvalue weighted by Gasteiger charge is -2.09. The van der Waals surface area contributed by atoms with Crippen LogP contribution in [0.15, 0.2) is 47.5 Å². The van der Waals surface area contributed by atoms with Gasteiger partial charge in [0, 0.05) is 23.5 Å². The van der Waals surface area contributed by atoms with E-state index in [0.29, 0.717) is 26.8 Å². The number of thiazole rings is 1. The lowest BCUT2D eigenvalue weighted by atomic mass is 10.2. The average Bonchev–Trinajstić information content (AvgIpc) is 3.22. The molecule has 0 spiro atoms. The highest BCUT2D eigenvalue weighted by Crippen LogP contribution is 2.31. The minimum Gasteiger partial charge on any atom is -0.493 e. The Bertz CT molecular complexity index is 1180. The van der Waals surface area contributed by atoms with E-state index in [1.807, 2.05) is 18.2 Å². The average molecular weight is 366 g/mol. The molecule has 130 valence electrons. The Morgan fingerprint density at radius 3 is 2.73 bits per heavy atom. The number of rotatable bonds is 4. The highest BCUT2D eigenvalue weighted by molar-refractivity contribution is 7.15. The molecule has 1 aromatic carbocycles. The molecule has 3 heterocycles. The number of ether oxygens (including phenoxy) is 2. The number of hydrogen-bond acceptors (Lipinski definition) is 7. The van der Waals surface area contributed by atoms with Crippen LogP contribution in [0.25, 0.3) is 22.4 Å². The van der Waals surface area contributed by atoms with Crippen molar-refractivity contribution >= 4 is 22.4 Å². The number of methoxy groups -OCH3 is 2. The van der Waals surface area contributed by atoms with Crippen molar-refractivity contribution in [3.63, 3.8) is 0 Å². The Morgan fingerprint density at radius 1 is 1.15 bits per heavy atom. The van der Waals surface area contributed by atoms with Crippen molar-refractivity contribution in [3.8, 4) is 22.9 Å². The first-order valence-electron chi connectivity index (χ1n) is 7.74. The first kappa shape index (κ1) is 16.2. The maximum atomic E-state index is 12.7. The number of aromatic nitrogens is 4. The van der Waals surface area contributed by atoms with Gasteiger partial charge in [0.25, 0.3) is 5.56 Å². The summed E-state index contributed by atoms with van der Waals surface area (Å²) in [4.78, 5) is 21.7. The highest BCUT2D eigenvalue weighted by Gasteiger charge is 2.13. The quantitative estimate of drug-likeness (QED) is 0.548. The van der Waals surface area contributed by atoms with Crippen LogP contribution in [0.1, 0.15) is 5.56 Å². The van der Waals surface area contributed by atoms with Gasteiger partial charge in [-0.3, -0.25) is 9.78 Å². The van der Waals surface area contributed by atoms with Crippen LogP contribution in [-0.2, 0) is 0 Å². The molecule has 0 aliphatic heterocycles. The number of nitrogens with zero attached hydrogens (tertiary/aromatic N) is 4. The van der Waals surface area contributed by atoms with E-state index in [2.05, 4.69) is 15.1 Å². The molecule has 0 aliphatic rings. The molecule has 4 aromatic rings. The van der Waals surface area contributed by atoms with Crippen LogP contribution >= 0.6 is 11.3 Å². The van der Waals surface area contributed by atoms with E-state index in [1.165, 1.54) is 15.9 Å². The lowest BCUT2D eigenvalue weighted by Crippen LogP contribution is -2.23. The van der Waals surface area contributed by atoms with Crippen LogP contribution < -0.4 is 19.6 Å². The Kier molecular flexibility index (Phi) is 4.10. The molecular weight excluding hydrogens is 352 g/mol. The highest BCUT2D eigenvalue weighted by atomic mass is 32.1. The van der Waals surface area contributed by atoms with Gasteiger partial charge in [0.1, 0.15) is 0 Å². The third-order valence-electron chi connectivity index (χ3n) is 3.82. The summed E-state index contributed by atoms with van der Waals surface area (Å²) in [6.07, 6.45) is 5.10. The predicted octanol–water partition coefficient (Wildman–Crippen LogP) is 1.78. The number of benzene rings is 1. The largest absolute Gasteiger partial charge is 0.493 e. The van der Waals surface area contributed by atoms with E-state index in [4.69, 9.17) is 9.47 Å². The maximum Gasteiger partial charge on any atom is 0.291 e. The first-order chi connectivity index (χ1) is 12.7. The van der Waals surface area contributed by atoms with E-state index in [-0.39, 0.29) is 5.56 Å². The smallest absolute Gasteiger partial charge is 0.291 e. The first-order valence-corrected chi connectivity index (χ1v) is 8.55. The summed E-state index contributed by atoms with van der Waals surface area (Å²) in [6, 6.07) is 9.16. The van der Waals surface area contributed by atoms with Crippen molar-refractivity contribution in [1.82, 2.24) is 19.6 Å². The van der Waals surface area contributed by atoms with Gasteiger partial charge in [-0.25, -0.2) is 0 Å². The van der Waals surface area contributed by atoms with Crippen molar-refractivity contribution < 1.29 is 9.47 Å². The van der Waals surface area contributed by atoms with Crippen LogP contribution in [0.2, 0.25) is 0 Å². The molecule has 7 nitrogen and oxygen atoms in total. The summed E-state index contributed by atoms with van der Waals surface area (Å²) in [6.45, 7) is 0. The summed E-state index contributed by atoms with van der Waals surface area (Å²) in [7, 11) is 3.14. The van der Waals surface area contributed by atoms with Crippen LogP contribution in [-0.4, -0.2) is 33.8 Å². The molecule has 4 rings (SSSR count). The fourth-order valence-corrected chi connectivity index (χ4v) is 3.52. The van der Waals surface area contributed by atoms with Gasteiger partial charge in [-0.15, -0.1) is 5.10 Å². The lowest BCUT2D eigenvalue weighted by molar-refractivity contribution is 0.354. The molecule has 0 amide bonds. The van der Waals surface area contributed by atoms with Crippen molar-refractivity contribution in [1.29, 1.82) is 0 Å². The van der Waals surface area contributed by atoms with Crippen molar-refractivity contribution in [3.05, 3.63) is 63.2 Å². The summed E-state index contributed by atoms with van der Waals surface area (Å²) < 4.78 is 12.5. The van der Waals surface area contributed by atoms with Crippen LogP contribution in [0.3, 0.4) is 0 Å². The second-order valence-corrected chi connectivity index (χ2v) is 6.38. The van der Waals surface area contributed by atoms with E-state index in [9.17, 15) is 4.79 Å². The van der Waals surface area contributed by atoms with Crippen LogP contribution in [0.4, 0.5) is 0 Å². The standard InChI is InChI=1S/C18H14N4O3S/c1-24-13-7-3-5-11(15(13)25-2)9-14-17(23)22-18(26-14)20-16(21-22)12-6-4-8-19-10-12/h3-10H,1-2H3/b14-9+. The zero-order valence-electron chi connectivity index (χ0n) is 14.0. The van der Waals surface area contributed by atoms with Gasteiger partial charge < -0.3 is 9.47 Å². The maximum absolute atomic E-state index is 12.7. The number of para-hydroxylation sites is 1. The molecule has 0 saturated carbocycles. The molecule has 0 N–H and O–H groups in total. The summed E-state index contributed by atoms with van der Waals surface area (Å²) in [5.41, 5.74) is 1.29. The van der Waals surface area contributed by atoms with E-state index < -0.39 is 0 Å². The minimum absolute atomic E-state index is 0.225. The summed E-state index contributed by atoms with van der Waals surface area (Å²) in [5, 5.41) is 4.31. The molecule has 0 aliphatic carbocycles. The molecule has 8 heteroatoms. The molecule has 0 saturated heterocycles. The molecular formula is C18H14N4O3S. The number of fused-ring (bicyclic) bond motifs is 1. The predicted molar refractivity (Wildman–Crippen MR) is 98.7 cm³/mol. The molecule has 0 bridgehead atoms. The van der Waals surface area contributed by atoms with Gasteiger partial charge >= 0.3 is 0 Å². The van der Waals surface area contributed by atoms with E-state index in [1.54, 1.807) is 44.8 Å². The van der Waals surface area contributed by atoms with Gasteiger partial charge in [-0.2, -0.15) is 9.50 Å². The van der Waals surface area contributed by atoms with E-state index in [0.717, 1.165) is 11.1 Å². The van der Waals surface area contributed by atoms with Gasteiger partial charge in [-0.1, -0.05) is 23.5 Å². The zero-order chi connectivity index (χ0) is 18.1. The van der Waals surface area contributed by atoms with Gasteiger partial charge in [0.05, 0.1) is 18.8 Å². The topological polar surface area (TPSA) is 78.6 Å². The van der Waals surface area contributed by atoms with Crippen LogP contribution in [0.5, 0.6) is 11.5 Å².